The van der Waals surface area contributed by atoms with Gasteiger partial charge < -0.3 is 19.7 Å². The molecule has 0 spiro atoms. The number of benzene rings is 2. The SMILES string of the molecule is CCOc1ccc(/C(O)=C2\C(=O)C(=O)N(Cc3ccccn3)C2c2c[nH]c3ccccc23)cc1. The lowest BCUT2D eigenvalue weighted by atomic mass is 9.95. The Hall–Kier alpha value is -4.39. The lowest BCUT2D eigenvalue weighted by molar-refractivity contribution is -0.140. The first-order valence-electron chi connectivity index (χ1n) is 11.1. The molecule has 1 atom stereocenters. The summed E-state index contributed by atoms with van der Waals surface area (Å²) in [5, 5.41) is 12.1. The van der Waals surface area contributed by atoms with E-state index in [1.54, 1.807) is 48.8 Å². The molecule has 5 rings (SSSR count). The fourth-order valence-electron chi connectivity index (χ4n) is 4.38. The highest BCUT2D eigenvalue weighted by atomic mass is 16.5. The van der Waals surface area contributed by atoms with Crippen molar-refractivity contribution in [3.8, 4) is 5.75 Å². The summed E-state index contributed by atoms with van der Waals surface area (Å²) in [5.41, 5.74) is 2.74. The molecule has 2 aromatic carbocycles. The van der Waals surface area contributed by atoms with Crippen molar-refractivity contribution in [3.63, 3.8) is 0 Å². The molecule has 4 aromatic rings. The maximum Gasteiger partial charge on any atom is 0.296 e. The van der Waals surface area contributed by atoms with E-state index in [1.165, 1.54) is 4.90 Å². The highest BCUT2D eigenvalue weighted by Crippen LogP contribution is 2.42. The number of para-hydroxylation sites is 1. The minimum atomic E-state index is -0.773. The molecule has 1 aliphatic rings. The highest BCUT2D eigenvalue weighted by Gasteiger charge is 2.47. The first kappa shape index (κ1) is 21.5. The number of carbonyl (C=O) groups is 2. The van der Waals surface area contributed by atoms with Crippen LogP contribution in [0.25, 0.3) is 16.7 Å². The number of likely N-dealkylation sites (tertiary alicyclic amines) is 1. The van der Waals surface area contributed by atoms with Gasteiger partial charge in [0.2, 0.25) is 0 Å². The van der Waals surface area contributed by atoms with E-state index < -0.39 is 17.7 Å². The monoisotopic (exact) mass is 453 g/mol. The first-order chi connectivity index (χ1) is 16.6. The molecular formula is C27H23N3O4. The van der Waals surface area contributed by atoms with Crippen molar-refractivity contribution >= 4 is 28.4 Å². The summed E-state index contributed by atoms with van der Waals surface area (Å²) in [5.74, 6) is -0.964. The van der Waals surface area contributed by atoms with Crippen LogP contribution in [0.4, 0.5) is 0 Å². The molecule has 34 heavy (non-hydrogen) atoms. The van der Waals surface area contributed by atoms with E-state index in [0.29, 0.717) is 23.6 Å². The van der Waals surface area contributed by atoms with E-state index in [0.717, 1.165) is 16.5 Å². The van der Waals surface area contributed by atoms with Crippen LogP contribution >= 0.6 is 0 Å². The van der Waals surface area contributed by atoms with Crippen molar-refractivity contribution in [2.45, 2.75) is 19.5 Å². The third-order valence-corrected chi connectivity index (χ3v) is 5.95. The summed E-state index contributed by atoms with van der Waals surface area (Å²) >= 11 is 0. The van der Waals surface area contributed by atoms with E-state index in [2.05, 4.69) is 9.97 Å². The van der Waals surface area contributed by atoms with Gasteiger partial charge in [-0.1, -0.05) is 24.3 Å². The highest BCUT2D eigenvalue weighted by molar-refractivity contribution is 6.46. The number of pyridine rings is 1. The van der Waals surface area contributed by atoms with Gasteiger partial charge in [-0.15, -0.1) is 0 Å². The topological polar surface area (TPSA) is 95.5 Å². The third kappa shape index (κ3) is 3.71. The number of hydrogen-bond donors (Lipinski definition) is 2. The number of ketones is 1. The van der Waals surface area contributed by atoms with Crippen LogP contribution in [0.3, 0.4) is 0 Å². The Labute approximate surface area is 196 Å². The van der Waals surface area contributed by atoms with E-state index in [1.807, 2.05) is 37.3 Å². The summed E-state index contributed by atoms with van der Waals surface area (Å²) in [6, 6.07) is 19.1. The number of nitrogens with zero attached hydrogens (tertiary/aromatic N) is 2. The van der Waals surface area contributed by atoms with Crippen molar-refractivity contribution in [1.82, 2.24) is 14.9 Å². The molecule has 2 N–H and O–H groups in total. The van der Waals surface area contributed by atoms with Gasteiger partial charge in [-0.2, -0.15) is 0 Å². The molecule has 0 bridgehead atoms. The quantitative estimate of drug-likeness (QED) is 0.253. The van der Waals surface area contributed by atoms with Crippen LogP contribution in [-0.4, -0.2) is 38.3 Å². The Morgan fingerprint density at radius 1 is 1.06 bits per heavy atom. The maximum atomic E-state index is 13.3. The number of nitrogens with one attached hydrogen (secondary N) is 1. The largest absolute Gasteiger partial charge is 0.507 e. The third-order valence-electron chi connectivity index (χ3n) is 5.95. The van der Waals surface area contributed by atoms with Gasteiger partial charge in [-0.3, -0.25) is 14.6 Å². The Balaban J connectivity index is 1.66. The van der Waals surface area contributed by atoms with Crippen LogP contribution in [0.15, 0.2) is 84.7 Å². The van der Waals surface area contributed by atoms with Gasteiger partial charge in [-0.05, 0) is 49.4 Å². The molecular weight excluding hydrogens is 430 g/mol. The molecule has 0 radical (unpaired) electrons. The van der Waals surface area contributed by atoms with Crippen LogP contribution < -0.4 is 4.74 Å². The van der Waals surface area contributed by atoms with Gasteiger partial charge in [0.1, 0.15) is 11.5 Å². The zero-order chi connectivity index (χ0) is 23.7. The lowest BCUT2D eigenvalue weighted by Crippen LogP contribution is -2.29. The molecule has 7 heteroatoms. The second-order valence-electron chi connectivity index (χ2n) is 8.00. The van der Waals surface area contributed by atoms with Gasteiger partial charge in [-0.25, -0.2) is 0 Å². The zero-order valence-electron chi connectivity index (χ0n) is 18.6. The molecule has 1 amide bonds. The molecule has 7 nitrogen and oxygen atoms in total. The Bertz CT molecular complexity index is 1390. The van der Waals surface area contributed by atoms with Crippen LogP contribution in [0.2, 0.25) is 0 Å². The number of ether oxygens (including phenoxy) is 1. The predicted molar refractivity (Wildman–Crippen MR) is 128 cm³/mol. The van der Waals surface area contributed by atoms with E-state index in [9.17, 15) is 14.7 Å². The number of aromatic nitrogens is 2. The van der Waals surface area contributed by atoms with E-state index in [-0.39, 0.29) is 17.9 Å². The molecule has 3 heterocycles. The van der Waals surface area contributed by atoms with Gasteiger partial charge in [0, 0.05) is 34.4 Å². The molecule has 2 aromatic heterocycles. The molecule has 1 unspecified atom stereocenters. The number of hydrogen-bond acceptors (Lipinski definition) is 5. The second kappa shape index (κ2) is 8.86. The summed E-state index contributed by atoms with van der Waals surface area (Å²) in [4.78, 5) is 35.5. The van der Waals surface area contributed by atoms with Gasteiger partial charge in [0.05, 0.1) is 30.5 Å². The Kier molecular flexibility index (Phi) is 5.59. The summed E-state index contributed by atoms with van der Waals surface area (Å²) < 4.78 is 5.48. The number of aliphatic hydroxyl groups is 1. The standard InChI is InChI=1S/C27H23N3O4/c1-2-34-19-12-10-17(11-13-19)25(31)23-24(21-15-29-22-9-4-3-8-20(21)22)30(27(33)26(23)32)16-18-7-5-6-14-28-18/h3-15,24,29,31H,2,16H2,1H3/b25-23+. The molecule has 0 saturated carbocycles. The smallest absolute Gasteiger partial charge is 0.296 e. The number of rotatable bonds is 6. The summed E-state index contributed by atoms with van der Waals surface area (Å²) in [6.07, 6.45) is 3.44. The van der Waals surface area contributed by atoms with Gasteiger partial charge in [0.25, 0.3) is 11.7 Å². The van der Waals surface area contributed by atoms with Gasteiger partial charge in [0.15, 0.2) is 0 Å². The predicted octanol–water partition coefficient (Wildman–Crippen LogP) is 4.58. The second-order valence-corrected chi connectivity index (χ2v) is 8.00. The van der Waals surface area contributed by atoms with Crippen molar-refractivity contribution in [1.29, 1.82) is 0 Å². The van der Waals surface area contributed by atoms with Crippen molar-refractivity contribution in [3.05, 3.63) is 102 Å². The van der Waals surface area contributed by atoms with Crippen LogP contribution in [0.1, 0.15) is 29.8 Å². The number of carbonyl (C=O) groups excluding carboxylic acids is 2. The molecule has 1 fully saturated rings. The number of amides is 1. The number of aliphatic hydroxyl groups excluding tert-OH is 1. The van der Waals surface area contributed by atoms with Gasteiger partial charge >= 0.3 is 0 Å². The first-order valence-corrected chi connectivity index (χ1v) is 11.1. The Morgan fingerprint density at radius 3 is 2.56 bits per heavy atom. The number of aromatic amines is 1. The normalized spacial score (nSPS) is 17.4. The summed E-state index contributed by atoms with van der Waals surface area (Å²) in [7, 11) is 0. The number of H-pyrrole nitrogens is 1. The fourth-order valence-corrected chi connectivity index (χ4v) is 4.38. The minimum absolute atomic E-state index is 0.0508. The van der Waals surface area contributed by atoms with Crippen LogP contribution in [0.5, 0.6) is 5.75 Å². The minimum Gasteiger partial charge on any atom is -0.507 e. The maximum absolute atomic E-state index is 13.3. The molecule has 1 saturated heterocycles. The molecule has 170 valence electrons. The van der Waals surface area contributed by atoms with Crippen molar-refractivity contribution < 1.29 is 19.4 Å². The number of fused-ring (bicyclic) bond motifs is 1. The van der Waals surface area contributed by atoms with Crippen molar-refractivity contribution in [2.75, 3.05) is 6.61 Å². The average molecular weight is 453 g/mol. The van der Waals surface area contributed by atoms with Crippen molar-refractivity contribution in [2.24, 2.45) is 0 Å². The average Bonchev–Trinajstić information content (AvgIpc) is 3.39. The van der Waals surface area contributed by atoms with E-state index >= 15 is 0 Å². The summed E-state index contributed by atoms with van der Waals surface area (Å²) in [6.45, 7) is 2.54. The Morgan fingerprint density at radius 2 is 1.82 bits per heavy atom. The zero-order valence-corrected chi connectivity index (χ0v) is 18.6. The molecule has 1 aliphatic heterocycles. The lowest BCUT2D eigenvalue weighted by Gasteiger charge is -2.24. The number of Topliss-reactive ketones (excluding diaryl/α,β-unsaturated/α-hetero) is 1. The van der Waals surface area contributed by atoms with Crippen LogP contribution in [-0.2, 0) is 16.1 Å². The van der Waals surface area contributed by atoms with Crippen LogP contribution in [0, 0.1) is 0 Å². The fraction of sp³-hybridized carbons (Fsp3) is 0.148. The van der Waals surface area contributed by atoms with E-state index in [4.69, 9.17) is 4.74 Å². The molecule has 0 aliphatic carbocycles.